The van der Waals surface area contributed by atoms with Crippen LogP contribution in [0, 0.1) is 0 Å². The Morgan fingerprint density at radius 2 is 1.67 bits per heavy atom. The fraction of sp³-hybridized carbons (Fsp3) is 0.185. The number of fused-ring (bicyclic) bond motifs is 1. The first-order valence-electron chi connectivity index (χ1n) is 10.9. The van der Waals surface area contributed by atoms with Crippen LogP contribution in [0.25, 0.3) is 5.69 Å². The Balaban J connectivity index is 1.55. The maximum atomic E-state index is 13.7. The Hall–Kier alpha value is -4.06. The maximum Gasteiger partial charge on any atom is 0.254 e. The second-order valence-electron chi connectivity index (χ2n) is 7.97. The molecule has 1 unspecified atom stereocenters. The van der Waals surface area contributed by atoms with Gasteiger partial charge >= 0.3 is 0 Å². The van der Waals surface area contributed by atoms with Crippen LogP contribution in [0.15, 0.2) is 85.2 Å². The van der Waals surface area contributed by atoms with Crippen molar-refractivity contribution in [1.29, 1.82) is 0 Å². The number of carbonyl (C=O) groups excluding carboxylic acids is 1. The van der Waals surface area contributed by atoms with Crippen LogP contribution in [0.4, 0.5) is 0 Å². The molecule has 0 bridgehead atoms. The molecule has 0 aliphatic carbocycles. The molecule has 166 valence electrons. The number of ether oxygens (including phenoxy) is 2. The van der Waals surface area contributed by atoms with E-state index >= 15 is 0 Å². The van der Waals surface area contributed by atoms with Gasteiger partial charge in [-0.3, -0.25) is 4.79 Å². The quantitative estimate of drug-likeness (QED) is 0.453. The second kappa shape index (κ2) is 8.82. The zero-order valence-electron chi connectivity index (χ0n) is 18.6. The minimum Gasteiger partial charge on any atom is -0.493 e. The zero-order chi connectivity index (χ0) is 22.8. The predicted molar refractivity (Wildman–Crippen MR) is 126 cm³/mol. The van der Waals surface area contributed by atoms with Gasteiger partial charge in [-0.25, -0.2) is 4.68 Å². The summed E-state index contributed by atoms with van der Waals surface area (Å²) in [6.45, 7) is 0.613. The van der Waals surface area contributed by atoms with Gasteiger partial charge in [-0.15, -0.1) is 0 Å². The molecule has 0 saturated carbocycles. The summed E-state index contributed by atoms with van der Waals surface area (Å²) in [6.07, 6.45) is 4.36. The summed E-state index contributed by atoms with van der Waals surface area (Å²) >= 11 is 0. The molecule has 0 spiro atoms. The number of nitrogens with zero attached hydrogens (tertiary/aromatic N) is 3. The Morgan fingerprint density at radius 3 is 2.33 bits per heavy atom. The standard InChI is InChI=1S/C27H25N3O3/c1-32-24-17-21-13-16-29(26(19-7-4-3-5-8-19)23(21)18-25(24)33-2)27(31)20-9-11-22(12-10-20)30-15-6-14-28-30/h3-12,14-15,17-18,26H,13,16H2,1-2H3. The van der Waals surface area contributed by atoms with Crippen LogP contribution >= 0.6 is 0 Å². The third-order valence-corrected chi connectivity index (χ3v) is 6.13. The lowest BCUT2D eigenvalue weighted by Gasteiger charge is -2.38. The molecule has 0 radical (unpaired) electrons. The maximum absolute atomic E-state index is 13.7. The number of amides is 1. The lowest BCUT2D eigenvalue weighted by Crippen LogP contribution is -2.40. The van der Waals surface area contributed by atoms with E-state index in [1.165, 1.54) is 5.56 Å². The van der Waals surface area contributed by atoms with Crippen LogP contribution in [-0.2, 0) is 6.42 Å². The number of benzene rings is 3. The molecule has 6 heteroatoms. The van der Waals surface area contributed by atoms with Crippen molar-refractivity contribution in [1.82, 2.24) is 14.7 Å². The lowest BCUT2D eigenvalue weighted by atomic mass is 9.87. The van der Waals surface area contributed by atoms with Gasteiger partial charge in [0.2, 0.25) is 0 Å². The van der Waals surface area contributed by atoms with Crippen molar-refractivity contribution in [3.05, 3.63) is 107 Å². The summed E-state index contributed by atoms with van der Waals surface area (Å²) in [5.74, 6) is 1.36. The molecule has 1 aromatic heterocycles. The number of hydrogen-bond acceptors (Lipinski definition) is 4. The van der Waals surface area contributed by atoms with Crippen LogP contribution < -0.4 is 9.47 Å². The van der Waals surface area contributed by atoms with E-state index in [2.05, 4.69) is 17.2 Å². The van der Waals surface area contributed by atoms with E-state index in [-0.39, 0.29) is 11.9 Å². The average molecular weight is 440 g/mol. The third kappa shape index (κ3) is 3.84. The van der Waals surface area contributed by atoms with Gasteiger partial charge in [0.1, 0.15) is 0 Å². The SMILES string of the molecule is COc1cc2c(cc1OC)C(c1ccccc1)N(C(=O)c1ccc(-n3cccn3)cc1)CC2. The van der Waals surface area contributed by atoms with Gasteiger partial charge in [0.15, 0.2) is 11.5 Å². The highest BCUT2D eigenvalue weighted by Crippen LogP contribution is 2.41. The van der Waals surface area contributed by atoms with Gasteiger partial charge in [0.25, 0.3) is 5.91 Å². The van der Waals surface area contributed by atoms with Gasteiger partial charge in [0.05, 0.1) is 25.9 Å². The first-order valence-corrected chi connectivity index (χ1v) is 10.9. The van der Waals surface area contributed by atoms with Crippen molar-refractivity contribution in [2.24, 2.45) is 0 Å². The first kappa shape index (κ1) is 20.8. The largest absolute Gasteiger partial charge is 0.493 e. The van der Waals surface area contributed by atoms with E-state index in [0.29, 0.717) is 23.6 Å². The number of carbonyl (C=O) groups is 1. The Morgan fingerprint density at radius 1 is 0.939 bits per heavy atom. The highest BCUT2D eigenvalue weighted by molar-refractivity contribution is 5.95. The van der Waals surface area contributed by atoms with E-state index in [4.69, 9.17) is 9.47 Å². The molecule has 1 aliphatic rings. The monoisotopic (exact) mass is 439 g/mol. The summed E-state index contributed by atoms with van der Waals surface area (Å²) in [5.41, 5.74) is 4.85. The fourth-order valence-electron chi connectivity index (χ4n) is 4.50. The third-order valence-electron chi connectivity index (χ3n) is 6.13. The molecule has 5 rings (SSSR count). The summed E-state index contributed by atoms with van der Waals surface area (Å²) in [4.78, 5) is 15.7. The van der Waals surface area contributed by atoms with E-state index in [9.17, 15) is 4.79 Å². The van der Waals surface area contributed by atoms with Crippen LogP contribution in [0.3, 0.4) is 0 Å². The smallest absolute Gasteiger partial charge is 0.254 e. The highest BCUT2D eigenvalue weighted by atomic mass is 16.5. The molecule has 3 aromatic carbocycles. The minimum atomic E-state index is -0.215. The topological polar surface area (TPSA) is 56.6 Å². The van der Waals surface area contributed by atoms with E-state index in [1.807, 2.05) is 71.8 Å². The molecule has 2 heterocycles. The molecular weight excluding hydrogens is 414 g/mol. The van der Waals surface area contributed by atoms with Crippen LogP contribution in [0.5, 0.6) is 11.5 Å². The van der Waals surface area contributed by atoms with Crippen molar-refractivity contribution >= 4 is 5.91 Å². The molecule has 0 saturated heterocycles. The van der Waals surface area contributed by atoms with Crippen molar-refractivity contribution in [2.75, 3.05) is 20.8 Å². The number of methoxy groups -OCH3 is 2. The summed E-state index contributed by atoms with van der Waals surface area (Å²) < 4.78 is 12.9. The minimum absolute atomic E-state index is 0.00342. The van der Waals surface area contributed by atoms with E-state index in [0.717, 1.165) is 23.2 Å². The van der Waals surface area contributed by atoms with Gasteiger partial charge < -0.3 is 14.4 Å². The number of hydrogen-bond donors (Lipinski definition) is 0. The first-order chi connectivity index (χ1) is 16.2. The van der Waals surface area contributed by atoms with Gasteiger partial charge in [-0.2, -0.15) is 5.10 Å². The average Bonchev–Trinajstić information content (AvgIpc) is 3.42. The Bertz CT molecular complexity index is 1250. The van der Waals surface area contributed by atoms with Gasteiger partial charge in [-0.1, -0.05) is 30.3 Å². The predicted octanol–water partition coefficient (Wildman–Crippen LogP) is 4.68. The van der Waals surface area contributed by atoms with Crippen molar-refractivity contribution in [3.8, 4) is 17.2 Å². The fourth-order valence-corrected chi connectivity index (χ4v) is 4.50. The molecule has 1 aliphatic heterocycles. The lowest BCUT2D eigenvalue weighted by molar-refractivity contribution is 0.0694. The van der Waals surface area contributed by atoms with Crippen LogP contribution in [-0.4, -0.2) is 41.4 Å². The number of rotatable bonds is 5. The molecule has 1 amide bonds. The second-order valence-corrected chi connectivity index (χ2v) is 7.97. The normalized spacial score (nSPS) is 15.1. The van der Waals surface area contributed by atoms with E-state index in [1.54, 1.807) is 25.1 Å². The van der Waals surface area contributed by atoms with Crippen molar-refractivity contribution < 1.29 is 14.3 Å². The summed E-state index contributed by atoms with van der Waals surface area (Å²) in [6, 6.07) is 23.4. The number of aromatic nitrogens is 2. The molecular formula is C27H25N3O3. The highest BCUT2D eigenvalue weighted by Gasteiger charge is 2.33. The van der Waals surface area contributed by atoms with Crippen molar-refractivity contribution in [2.45, 2.75) is 12.5 Å². The summed E-state index contributed by atoms with van der Waals surface area (Å²) in [7, 11) is 3.28. The molecule has 33 heavy (non-hydrogen) atoms. The van der Waals surface area contributed by atoms with Crippen molar-refractivity contribution in [3.63, 3.8) is 0 Å². The van der Waals surface area contributed by atoms with Gasteiger partial charge in [0, 0.05) is 24.5 Å². The Kier molecular flexibility index (Phi) is 5.57. The summed E-state index contributed by atoms with van der Waals surface area (Å²) in [5, 5.41) is 4.26. The zero-order valence-corrected chi connectivity index (χ0v) is 18.6. The Labute approximate surface area is 193 Å². The van der Waals surface area contributed by atoms with Gasteiger partial charge in [-0.05, 0) is 65.6 Å². The molecule has 0 N–H and O–H groups in total. The molecule has 0 fully saturated rings. The van der Waals surface area contributed by atoms with Crippen LogP contribution in [0.1, 0.15) is 33.1 Å². The van der Waals surface area contributed by atoms with E-state index < -0.39 is 0 Å². The van der Waals surface area contributed by atoms with Crippen LogP contribution in [0.2, 0.25) is 0 Å². The molecule has 4 aromatic rings. The molecule has 1 atom stereocenters. The molecule has 6 nitrogen and oxygen atoms in total.